The van der Waals surface area contributed by atoms with Gasteiger partial charge in [0.25, 0.3) is 0 Å². The highest BCUT2D eigenvalue weighted by molar-refractivity contribution is 5.21. The van der Waals surface area contributed by atoms with Crippen LogP contribution in [0.3, 0.4) is 0 Å². The summed E-state index contributed by atoms with van der Waals surface area (Å²) in [5.41, 5.74) is 0.0133. The van der Waals surface area contributed by atoms with Gasteiger partial charge in [0.1, 0.15) is 0 Å². The van der Waals surface area contributed by atoms with Crippen molar-refractivity contribution in [1.82, 2.24) is 0 Å². The van der Waals surface area contributed by atoms with E-state index in [1.807, 2.05) is 0 Å². The van der Waals surface area contributed by atoms with E-state index in [-0.39, 0.29) is 5.41 Å². The molecular formula is C10H13N. The van der Waals surface area contributed by atoms with Crippen molar-refractivity contribution in [3.8, 4) is 6.07 Å². The standard InChI is InChI=1S/C10H13N/c1-2-10(7-11)6-8-3-4-9(10)5-8/h3-4,8-9H,2,5-6H2,1H3/t8?,9-,10+/m1/s1. The first-order valence-corrected chi connectivity index (χ1v) is 4.40. The van der Waals surface area contributed by atoms with Gasteiger partial charge in [-0.3, -0.25) is 0 Å². The fraction of sp³-hybridized carbons (Fsp3) is 0.700. The normalized spacial score (nSPS) is 46.2. The molecule has 1 unspecified atom stereocenters. The van der Waals surface area contributed by atoms with Crippen molar-refractivity contribution in [2.75, 3.05) is 0 Å². The van der Waals surface area contributed by atoms with Crippen molar-refractivity contribution in [3.63, 3.8) is 0 Å². The Labute approximate surface area is 67.7 Å². The van der Waals surface area contributed by atoms with Crippen LogP contribution in [0.15, 0.2) is 12.2 Å². The summed E-state index contributed by atoms with van der Waals surface area (Å²) in [4.78, 5) is 0. The van der Waals surface area contributed by atoms with E-state index >= 15 is 0 Å². The van der Waals surface area contributed by atoms with E-state index in [0.29, 0.717) is 5.92 Å². The van der Waals surface area contributed by atoms with Gasteiger partial charge in [-0.05, 0) is 31.1 Å². The molecule has 1 heteroatoms. The molecule has 2 aliphatic carbocycles. The number of nitrogens with zero attached hydrogens (tertiary/aromatic N) is 1. The average molecular weight is 147 g/mol. The summed E-state index contributed by atoms with van der Waals surface area (Å²) in [5, 5.41) is 9.05. The molecule has 11 heavy (non-hydrogen) atoms. The minimum absolute atomic E-state index is 0.0133. The van der Waals surface area contributed by atoms with E-state index < -0.39 is 0 Å². The first-order chi connectivity index (χ1) is 5.30. The Bertz CT molecular complexity index is 236. The summed E-state index contributed by atoms with van der Waals surface area (Å²) in [6, 6.07) is 2.51. The zero-order valence-corrected chi connectivity index (χ0v) is 6.88. The molecule has 0 aliphatic heterocycles. The van der Waals surface area contributed by atoms with E-state index in [1.165, 1.54) is 6.42 Å². The second-order valence-corrected chi connectivity index (χ2v) is 3.81. The van der Waals surface area contributed by atoms with Crippen molar-refractivity contribution in [2.24, 2.45) is 17.3 Å². The van der Waals surface area contributed by atoms with Crippen molar-refractivity contribution in [2.45, 2.75) is 26.2 Å². The number of hydrogen-bond acceptors (Lipinski definition) is 1. The molecule has 2 aliphatic rings. The molecule has 0 radical (unpaired) electrons. The van der Waals surface area contributed by atoms with Gasteiger partial charge < -0.3 is 0 Å². The molecule has 0 aromatic rings. The van der Waals surface area contributed by atoms with Gasteiger partial charge in [-0.1, -0.05) is 19.1 Å². The molecule has 2 bridgehead atoms. The molecule has 0 N–H and O–H groups in total. The number of fused-ring (bicyclic) bond motifs is 2. The SMILES string of the molecule is CC[C@@]1(C#N)CC2C=C[C@@H]1C2. The number of allylic oxidation sites excluding steroid dienone is 2. The first-order valence-electron chi connectivity index (χ1n) is 4.40. The van der Waals surface area contributed by atoms with Crippen LogP contribution in [0.4, 0.5) is 0 Å². The number of hydrogen-bond donors (Lipinski definition) is 0. The molecule has 1 nitrogen and oxygen atoms in total. The molecule has 2 rings (SSSR count). The van der Waals surface area contributed by atoms with Crippen LogP contribution in [-0.4, -0.2) is 0 Å². The Morgan fingerprint density at radius 1 is 1.64 bits per heavy atom. The smallest absolute Gasteiger partial charge is 0.0696 e. The van der Waals surface area contributed by atoms with Gasteiger partial charge in [0, 0.05) is 0 Å². The van der Waals surface area contributed by atoms with Crippen molar-refractivity contribution in [3.05, 3.63) is 12.2 Å². The quantitative estimate of drug-likeness (QED) is 0.523. The lowest BCUT2D eigenvalue weighted by molar-refractivity contribution is 0.315. The monoisotopic (exact) mass is 147 g/mol. The largest absolute Gasteiger partial charge is 0.198 e. The van der Waals surface area contributed by atoms with Gasteiger partial charge in [-0.2, -0.15) is 5.26 Å². The van der Waals surface area contributed by atoms with Crippen LogP contribution in [-0.2, 0) is 0 Å². The maximum atomic E-state index is 9.05. The second-order valence-electron chi connectivity index (χ2n) is 3.81. The minimum atomic E-state index is 0.0133. The molecular weight excluding hydrogens is 134 g/mol. The number of rotatable bonds is 1. The van der Waals surface area contributed by atoms with E-state index in [4.69, 9.17) is 5.26 Å². The number of nitriles is 1. The fourth-order valence-corrected chi connectivity index (χ4v) is 2.57. The maximum Gasteiger partial charge on any atom is 0.0696 e. The van der Waals surface area contributed by atoms with Gasteiger partial charge in [-0.25, -0.2) is 0 Å². The average Bonchev–Trinajstić information content (AvgIpc) is 2.62. The zero-order chi connectivity index (χ0) is 7.90. The van der Waals surface area contributed by atoms with E-state index in [0.717, 1.165) is 18.8 Å². The molecule has 58 valence electrons. The highest BCUT2D eigenvalue weighted by Gasteiger charge is 2.47. The molecule has 0 aromatic heterocycles. The van der Waals surface area contributed by atoms with Gasteiger partial charge in [0.05, 0.1) is 11.5 Å². The molecule has 3 atom stereocenters. The molecule has 0 spiro atoms. The fourth-order valence-electron chi connectivity index (χ4n) is 2.57. The van der Waals surface area contributed by atoms with Crippen LogP contribution in [0, 0.1) is 28.6 Å². The Morgan fingerprint density at radius 3 is 2.73 bits per heavy atom. The Morgan fingerprint density at radius 2 is 2.45 bits per heavy atom. The van der Waals surface area contributed by atoms with Crippen LogP contribution in [0.2, 0.25) is 0 Å². The molecule has 1 saturated carbocycles. The third-order valence-corrected chi connectivity index (χ3v) is 3.36. The van der Waals surface area contributed by atoms with Crippen LogP contribution in [0.5, 0.6) is 0 Å². The summed E-state index contributed by atoms with van der Waals surface area (Å²) in [5.74, 6) is 1.29. The maximum absolute atomic E-state index is 9.05. The van der Waals surface area contributed by atoms with Gasteiger partial charge in [0.15, 0.2) is 0 Å². The second kappa shape index (κ2) is 2.11. The summed E-state index contributed by atoms with van der Waals surface area (Å²) in [7, 11) is 0. The lowest BCUT2D eigenvalue weighted by Crippen LogP contribution is -2.22. The Hall–Kier alpha value is -0.770. The summed E-state index contributed by atoms with van der Waals surface area (Å²) >= 11 is 0. The third kappa shape index (κ3) is 0.758. The van der Waals surface area contributed by atoms with E-state index in [9.17, 15) is 0 Å². The van der Waals surface area contributed by atoms with Crippen molar-refractivity contribution < 1.29 is 0 Å². The minimum Gasteiger partial charge on any atom is -0.198 e. The van der Waals surface area contributed by atoms with E-state index in [1.54, 1.807) is 0 Å². The molecule has 0 saturated heterocycles. The molecule has 0 heterocycles. The van der Waals surface area contributed by atoms with E-state index in [2.05, 4.69) is 25.1 Å². The Balaban J connectivity index is 2.30. The van der Waals surface area contributed by atoms with Gasteiger partial charge >= 0.3 is 0 Å². The summed E-state index contributed by atoms with van der Waals surface area (Å²) < 4.78 is 0. The van der Waals surface area contributed by atoms with Crippen LogP contribution in [0.1, 0.15) is 26.2 Å². The lowest BCUT2D eigenvalue weighted by atomic mass is 9.75. The summed E-state index contributed by atoms with van der Waals surface area (Å²) in [6.07, 6.45) is 7.91. The topological polar surface area (TPSA) is 23.8 Å². The zero-order valence-electron chi connectivity index (χ0n) is 6.88. The third-order valence-electron chi connectivity index (χ3n) is 3.36. The molecule has 0 aromatic carbocycles. The van der Waals surface area contributed by atoms with Crippen LogP contribution < -0.4 is 0 Å². The predicted octanol–water partition coefficient (Wildman–Crippen LogP) is 2.50. The van der Waals surface area contributed by atoms with Crippen molar-refractivity contribution in [1.29, 1.82) is 5.26 Å². The molecule has 1 fully saturated rings. The van der Waals surface area contributed by atoms with Gasteiger partial charge in [-0.15, -0.1) is 0 Å². The summed E-state index contributed by atoms with van der Waals surface area (Å²) in [6.45, 7) is 2.14. The molecule has 0 amide bonds. The van der Waals surface area contributed by atoms with Crippen molar-refractivity contribution >= 4 is 0 Å². The lowest BCUT2D eigenvalue weighted by Gasteiger charge is -2.26. The highest BCUT2D eigenvalue weighted by Crippen LogP contribution is 2.53. The van der Waals surface area contributed by atoms with Crippen LogP contribution in [0.25, 0.3) is 0 Å². The predicted molar refractivity (Wildman–Crippen MR) is 43.7 cm³/mol. The Kier molecular flexibility index (Phi) is 1.32. The highest BCUT2D eigenvalue weighted by atomic mass is 14.5. The van der Waals surface area contributed by atoms with Crippen LogP contribution >= 0.6 is 0 Å². The first kappa shape index (κ1) is 6.91. The van der Waals surface area contributed by atoms with Gasteiger partial charge in [0.2, 0.25) is 0 Å².